The normalized spacial score (nSPS) is 11.3. The van der Waals surface area contributed by atoms with Crippen molar-refractivity contribution in [3.63, 3.8) is 0 Å². The predicted octanol–water partition coefficient (Wildman–Crippen LogP) is 0.290. The van der Waals surface area contributed by atoms with E-state index in [9.17, 15) is 13.2 Å². The molecule has 0 spiro atoms. The Kier molecular flexibility index (Phi) is 5.46. The average molecular weight is 280 g/mol. The van der Waals surface area contributed by atoms with E-state index in [-0.39, 0.29) is 23.6 Å². The topological polar surface area (TPSA) is 68.2 Å². The molecule has 0 aliphatic heterocycles. The van der Waals surface area contributed by atoms with Crippen molar-refractivity contribution in [1.29, 1.82) is 0 Å². The third-order valence-corrected chi connectivity index (χ3v) is 2.09. The summed E-state index contributed by atoms with van der Waals surface area (Å²) < 4.78 is 48.7. The van der Waals surface area contributed by atoms with Crippen LogP contribution in [0.2, 0.25) is 0 Å². The lowest BCUT2D eigenvalue weighted by molar-refractivity contribution is -0.325. The van der Waals surface area contributed by atoms with E-state index in [0.717, 1.165) is 0 Å². The Hall–Kier alpha value is -1.45. The Bertz CT molecular complexity index is 411. The first-order chi connectivity index (χ1) is 8.83. The number of ether oxygens (including phenoxy) is 3. The summed E-state index contributed by atoms with van der Waals surface area (Å²) in [5.74, 6) is 0.357. The summed E-state index contributed by atoms with van der Waals surface area (Å²) in [4.78, 5) is 0. The molecule has 1 rings (SSSR count). The maximum absolute atomic E-state index is 11.7. The molecule has 1 aromatic rings. The maximum atomic E-state index is 11.7. The van der Waals surface area contributed by atoms with Crippen LogP contribution in [0.5, 0.6) is 11.5 Å². The molecule has 0 unspecified atom stereocenters. The molecule has 0 heterocycles. The van der Waals surface area contributed by atoms with Crippen molar-refractivity contribution < 1.29 is 37.4 Å². The molecule has 0 fully saturated rings. The van der Waals surface area contributed by atoms with Crippen LogP contribution in [0.1, 0.15) is 0 Å². The van der Waals surface area contributed by atoms with Crippen LogP contribution in [0.25, 0.3) is 0 Å². The molecular weight excluding hydrogens is 268 g/mol. The van der Waals surface area contributed by atoms with E-state index in [4.69, 9.17) is 19.5 Å². The zero-order valence-corrected chi connectivity index (χ0v) is 9.98. The van der Waals surface area contributed by atoms with Crippen LogP contribution >= 0.6 is 0 Å². The molecule has 0 amide bonds. The molecule has 19 heavy (non-hydrogen) atoms. The predicted molar refractivity (Wildman–Crippen MR) is 60.3 cm³/mol. The summed E-state index contributed by atoms with van der Waals surface area (Å²) in [7, 11) is -0.358. The molecule has 9 heteroatoms. The van der Waals surface area contributed by atoms with Crippen molar-refractivity contribution in [3.8, 4) is 11.5 Å². The van der Waals surface area contributed by atoms with Gasteiger partial charge >= 0.3 is 13.5 Å². The lowest BCUT2D eigenvalue weighted by Gasteiger charge is -2.13. The SMILES string of the molecule is COc1ccc(B(O)O)cc1OCCOC(F)(F)F. The molecule has 0 radical (unpaired) electrons. The van der Waals surface area contributed by atoms with E-state index in [1.165, 1.54) is 25.3 Å². The fourth-order valence-corrected chi connectivity index (χ4v) is 1.28. The van der Waals surface area contributed by atoms with E-state index in [2.05, 4.69) is 4.74 Å². The first-order valence-corrected chi connectivity index (χ1v) is 5.21. The molecule has 5 nitrogen and oxygen atoms in total. The van der Waals surface area contributed by atoms with E-state index < -0.39 is 20.1 Å². The number of benzene rings is 1. The summed E-state index contributed by atoms with van der Waals surface area (Å²) in [6.45, 7) is -1.04. The Labute approximate surface area is 107 Å². The number of methoxy groups -OCH3 is 1. The fraction of sp³-hybridized carbons (Fsp3) is 0.400. The summed E-state index contributed by atoms with van der Waals surface area (Å²) in [5, 5.41) is 18.0. The second-order valence-electron chi connectivity index (χ2n) is 3.43. The van der Waals surface area contributed by atoms with E-state index in [1.54, 1.807) is 0 Å². The maximum Gasteiger partial charge on any atom is 0.522 e. The Morgan fingerprint density at radius 3 is 2.37 bits per heavy atom. The number of halogens is 3. The van der Waals surface area contributed by atoms with Gasteiger partial charge in [-0.25, -0.2) is 0 Å². The highest BCUT2D eigenvalue weighted by atomic mass is 19.4. The van der Waals surface area contributed by atoms with Crippen LogP contribution in [0.3, 0.4) is 0 Å². The lowest BCUT2D eigenvalue weighted by atomic mass is 9.80. The Balaban J connectivity index is 2.62. The standard InChI is InChI=1S/C10H12BF3O5/c1-17-8-3-2-7(11(15)16)6-9(8)18-4-5-19-10(12,13)14/h2-3,6,15-16H,4-5H2,1H3. The molecule has 106 valence electrons. The smallest absolute Gasteiger partial charge is 0.493 e. The average Bonchev–Trinajstić information content (AvgIpc) is 2.33. The lowest BCUT2D eigenvalue weighted by Crippen LogP contribution is -2.29. The van der Waals surface area contributed by atoms with E-state index in [1.807, 2.05) is 0 Å². The van der Waals surface area contributed by atoms with E-state index in [0.29, 0.717) is 0 Å². The van der Waals surface area contributed by atoms with Crippen molar-refractivity contribution in [2.24, 2.45) is 0 Å². The quantitative estimate of drug-likeness (QED) is 0.579. The van der Waals surface area contributed by atoms with Gasteiger partial charge in [-0.2, -0.15) is 0 Å². The molecule has 0 saturated carbocycles. The van der Waals surface area contributed by atoms with Crippen LogP contribution in [-0.2, 0) is 4.74 Å². The second-order valence-corrected chi connectivity index (χ2v) is 3.43. The van der Waals surface area contributed by atoms with Gasteiger partial charge in [0.05, 0.1) is 13.7 Å². The van der Waals surface area contributed by atoms with Crippen molar-refractivity contribution in [2.45, 2.75) is 6.36 Å². The summed E-state index contributed by atoms with van der Waals surface area (Å²) in [6.07, 6.45) is -4.71. The second kappa shape index (κ2) is 6.64. The largest absolute Gasteiger partial charge is 0.522 e. The highest BCUT2D eigenvalue weighted by molar-refractivity contribution is 6.58. The molecule has 0 saturated heterocycles. The summed E-state index contributed by atoms with van der Waals surface area (Å²) >= 11 is 0. The Morgan fingerprint density at radius 2 is 1.84 bits per heavy atom. The minimum atomic E-state index is -4.71. The van der Waals surface area contributed by atoms with Gasteiger partial charge < -0.3 is 19.5 Å². The molecule has 0 atom stereocenters. The molecule has 0 bridgehead atoms. The fourth-order valence-electron chi connectivity index (χ4n) is 1.28. The third kappa shape index (κ3) is 5.37. The van der Waals surface area contributed by atoms with Crippen molar-refractivity contribution in [1.82, 2.24) is 0 Å². The zero-order valence-electron chi connectivity index (χ0n) is 9.98. The Morgan fingerprint density at radius 1 is 1.16 bits per heavy atom. The number of hydrogen-bond acceptors (Lipinski definition) is 5. The molecular formula is C10H12BF3O5. The van der Waals surface area contributed by atoms with Gasteiger partial charge in [-0.15, -0.1) is 13.2 Å². The monoisotopic (exact) mass is 280 g/mol. The number of hydrogen-bond donors (Lipinski definition) is 2. The molecule has 0 aliphatic carbocycles. The first-order valence-electron chi connectivity index (χ1n) is 5.21. The van der Waals surface area contributed by atoms with Gasteiger partial charge in [0.25, 0.3) is 0 Å². The van der Waals surface area contributed by atoms with Gasteiger partial charge in [0.1, 0.15) is 6.61 Å². The summed E-state index contributed by atoms with van der Waals surface area (Å²) in [5.41, 5.74) is 0.132. The van der Waals surface area contributed by atoms with Crippen LogP contribution < -0.4 is 14.9 Å². The summed E-state index contributed by atoms with van der Waals surface area (Å²) in [6, 6.07) is 4.06. The van der Waals surface area contributed by atoms with Crippen LogP contribution in [-0.4, -0.2) is 43.9 Å². The van der Waals surface area contributed by atoms with Crippen molar-refractivity contribution >= 4 is 12.6 Å². The van der Waals surface area contributed by atoms with Gasteiger partial charge in [-0.3, -0.25) is 4.74 Å². The zero-order chi connectivity index (χ0) is 14.5. The van der Waals surface area contributed by atoms with Crippen molar-refractivity contribution in [3.05, 3.63) is 18.2 Å². The van der Waals surface area contributed by atoms with Crippen LogP contribution in [0, 0.1) is 0 Å². The number of alkyl halides is 3. The van der Waals surface area contributed by atoms with Gasteiger partial charge in [-0.05, 0) is 17.6 Å². The minimum absolute atomic E-state index is 0.0962. The molecule has 1 aromatic carbocycles. The van der Waals surface area contributed by atoms with Gasteiger partial charge in [0, 0.05) is 0 Å². The number of rotatable bonds is 6. The van der Waals surface area contributed by atoms with Crippen LogP contribution in [0.4, 0.5) is 13.2 Å². The highest BCUT2D eigenvalue weighted by Crippen LogP contribution is 2.25. The van der Waals surface area contributed by atoms with Gasteiger partial charge in [0.15, 0.2) is 11.5 Å². The third-order valence-electron chi connectivity index (χ3n) is 2.09. The molecule has 0 aromatic heterocycles. The molecule has 0 aliphatic rings. The van der Waals surface area contributed by atoms with Crippen molar-refractivity contribution in [2.75, 3.05) is 20.3 Å². The first kappa shape index (κ1) is 15.6. The molecule has 2 N–H and O–H groups in total. The minimum Gasteiger partial charge on any atom is -0.493 e. The van der Waals surface area contributed by atoms with E-state index >= 15 is 0 Å². The van der Waals surface area contributed by atoms with Crippen LogP contribution in [0.15, 0.2) is 18.2 Å². The highest BCUT2D eigenvalue weighted by Gasteiger charge is 2.28. The van der Waals surface area contributed by atoms with Gasteiger partial charge in [0.2, 0.25) is 0 Å². The van der Waals surface area contributed by atoms with Gasteiger partial charge in [-0.1, -0.05) is 6.07 Å².